The maximum atomic E-state index is 10.2. The fraction of sp³-hybridized carbons (Fsp3) is 0.211. The van der Waals surface area contributed by atoms with E-state index in [1.54, 1.807) is 11.3 Å². The van der Waals surface area contributed by atoms with Crippen LogP contribution in [0.1, 0.15) is 5.56 Å². The van der Waals surface area contributed by atoms with Crippen LogP contribution in [0.4, 0.5) is 0 Å². The van der Waals surface area contributed by atoms with Crippen LogP contribution < -0.4 is 4.74 Å². The van der Waals surface area contributed by atoms with E-state index in [1.807, 2.05) is 46.9 Å². The van der Waals surface area contributed by atoms with Crippen molar-refractivity contribution in [2.45, 2.75) is 17.7 Å². The minimum atomic E-state index is -0.633. The molecule has 0 unspecified atom stereocenters. The molecule has 0 fully saturated rings. The second-order valence-electron chi connectivity index (χ2n) is 5.93. The summed E-state index contributed by atoms with van der Waals surface area (Å²) in [6.45, 7) is 0.191. The average Bonchev–Trinajstić information content (AvgIpc) is 3.25. The molecule has 0 aliphatic rings. The SMILES string of the molecule is N#CCc1ccc(OC[C@H](O)CSc2nnc3sc4ccccc4n23)cc1. The molecule has 27 heavy (non-hydrogen) atoms. The van der Waals surface area contributed by atoms with Crippen molar-refractivity contribution in [1.29, 1.82) is 5.26 Å². The summed E-state index contributed by atoms with van der Waals surface area (Å²) in [7, 11) is 0. The Labute approximate surface area is 164 Å². The highest BCUT2D eigenvalue weighted by atomic mass is 32.2. The van der Waals surface area contributed by atoms with Gasteiger partial charge in [0.1, 0.15) is 12.4 Å². The van der Waals surface area contributed by atoms with Crippen molar-refractivity contribution in [3.05, 3.63) is 54.1 Å². The quantitative estimate of drug-likeness (QED) is 0.481. The molecule has 0 spiro atoms. The number of aliphatic hydroxyl groups excluding tert-OH is 1. The number of thioether (sulfide) groups is 1. The van der Waals surface area contributed by atoms with Gasteiger partial charge >= 0.3 is 0 Å². The van der Waals surface area contributed by atoms with Crippen LogP contribution in [0.15, 0.2) is 53.7 Å². The lowest BCUT2D eigenvalue weighted by Crippen LogP contribution is -2.20. The van der Waals surface area contributed by atoms with E-state index >= 15 is 0 Å². The molecule has 1 N–H and O–H groups in total. The predicted molar refractivity (Wildman–Crippen MR) is 106 cm³/mol. The summed E-state index contributed by atoms with van der Waals surface area (Å²) in [5, 5.41) is 28.1. The number of benzene rings is 2. The molecule has 0 radical (unpaired) electrons. The molecule has 0 aliphatic carbocycles. The van der Waals surface area contributed by atoms with Gasteiger partial charge in [0, 0.05) is 5.75 Å². The van der Waals surface area contributed by atoms with E-state index in [0.717, 1.165) is 25.9 Å². The number of nitrogens with zero attached hydrogens (tertiary/aromatic N) is 4. The number of thiazole rings is 1. The van der Waals surface area contributed by atoms with Gasteiger partial charge in [-0.1, -0.05) is 47.4 Å². The Morgan fingerprint density at radius 1 is 1.19 bits per heavy atom. The topological polar surface area (TPSA) is 83.4 Å². The maximum Gasteiger partial charge on any atom is 0.217 e. The van der Waals surface area contributed by atoms with Gasteiger partial charge in [-0.3, -0.25) is 4.40 Å². The molecule has 6 nitrogen and oxygen atoms in total. The molecule has 136 valence electrons. The van der Waals surface area contributed by atoms with Crippen LogP contribution in [-0.4, -0.2) is 38.2 Å². The average molecular weight is 396 g/mol. The van der Waals surface area contributed by atoms with Gasteiger partial charge in [-0.25, -0.2) is 0 Å². The lowest BCUT2D eigenvalue weighted by atomic mass is 10.2. The van der Waals surface area contributed by atoms with Gasteiger partial charge in [-0.05, 0) is 29.8 Å². The fourth-order valence-corrected chi connectivity index (χ4v) is 4.53. The van der Waals surface area contributed by atoms with E-state index in [9.17, 15) is 5.11 Å². The molecule has 2 aromatic heterocycles. The van der Waals surface area contributed by atoms with Crippen molar-refractivity contribution in [3.8, 4) is 11.8 Å². The highest BCUT2D eigenvalue weighted by molar-refractivity contribution is 7.99. The molecule has 8 heteroatoms. The Balaban J connectivity index is 1.36. The Hall–Kier alpha value is -2.60. The van der Waals surface area contributed by atoms with Gasteiger partial charge in [-0.15, -0.1) is 10.2 Å². The number of aromatic nitrogens is 3. The minimum Gasteiger partial charge on any atom is -0.491 e. The van der Waals surface area contributed by atoms with Crippen molar-refractivity contribution in [3.63, 3.8) is 0 Å². The Bertz CT molecular complexity index is 1100. The highest BCUT2D eigenvalue weighted by Crippen LogP contribution is 2.29. The van der Waals surface area contributed by atoms with E-state index < -0.39 is 6.10 Å². The zero-order valence-corrected chi connectivity index (χ0v) is 15.9. The summed E-state index contributed by atoms with van der Waals surface area (Å²) in [5.41, 5.74) is 2.02. The molecule has 4 rings (SSSR count). The van der Waals surface area contributed by atoms with Gasteiger partial charge in [0.2, 0.25) is 4.96 Å². The van der Waals surface area contributed by atoms with Crippen LogP contribution in [0, 0.1) is 11.3 Å². The molecule has 0 aliphatic heterocycles. The maximum absolute atomic E-state index is 10.2. The number of ether oxygens (including phenoxy) is 1. The van der Waals surface area contributed by atoms with E-state index in [4.69, 9.17) is 10.00 Å². The third-order valence-electron chi connectivity index (χ3n) is 3.96. The Morgan fingerprint density at radius 2 is 2.00 bits per heavy atom. The standard InChI is InChI=1S/C19H16N4O2S2/c20-10-9-13-5-7-15(8-6-13)25-11-14(24)12-26-18-21-22-19-23(18)16-3-1-2-4-17(16)27-19/h1-8,14,24H,9,11-12H2/t14-/m0/s1. The second-order valence-corrected chi connectivity index (χ2v) is 7.92. The molecule has 1 atom stereocenters. The number of hydrogen-bond acceptors (Lipinski definition) is 7. The van der Waals surface area contributed by atoms with E-state index in [0.29, 0.717) is 17.9 Å². The van der Waals surface area contributed by atoms with Gasteiger partial charge in [0.05, 0.1) is 28.8 Å². The summed E-state index contributed by atoms with van der Waals surface area (Å²) in [6.07, 6.45) is -0.255. The largest absolute Gasteiger partial charge is 0.491 e. The third-order valence-corrected chi connectivity index (χ3v) is 6.05. The molecule has 0 amide bonds. The lowest BCUT2D eigenvalue weighted by Gasteiger charge is -2.11. The minimum absolute atomic E-state index is 0.191. The lowest BCUT2D eigenvalue weighted by molar-refractivity contribution is 0.126. The van der Waals surface area contributed by atoms with Gasteiger partial charge in [0.25, 0.3) is 0 Å². The van der Waals surface area contributed by atoms with Crippen LogP contribution in [0.3, 0.4) is 0 Å². The first-order chi connectivity index (χ1) is 13.2. The Morgan fingerprint density at radius 3 is 2.81 bits per heavy atom. The fourth-order valence-electron chi connectivity index (χ4n) is 2.65. The summed E-state index contributed by atoms with van der Waals surface area (Å²) in [4.78, 5) is 0.849. The molecule has 0 saturated carbocycles. The molecule has 2 aromatic carbocycles. The molecule has 2 heterocycles. The monoisotopic (exact) mass is 396 g/mol. The summed E-state index contributed by atoms with van der Waals surface area (Å²) >= 11 is 3.06. The molecular formula is C19H16N4O2S2. The van der Waals surface area contributed by atoms with Crippen LogP contribution >= 0.6 is 23.1 Å². The number of rotatable bonds is 7. The van der Waals surface area contributed by atoms with E-state index in [1.165, 1.54) is 11.8 Å². The summed E-state index contributed by atoms with van der Waals surface area (Å²) < 4.78 is 8.81. The normalized spacial score (nSPS) is 12.3. The van der Waals surface area contributed by atoms with E-state index in [-0.39, 0.29) is 6.61 Å². The number of fused-ring (bicyclic) bond motifs is 3. The zero-order chi connectivity index (χ0) is 18.6. The second kappa shape index (κ2) is 7.96. The molecule has 4 aromatic rings. The van der Waals surface area contributed by atoms with Crippen LogP contribution in [0.25, 0.3) is 15.2 Å². The first-order valence-electron chi connectivity index (χ1n) is 8.37. The van der Waals surface area contributed by atoms with Gasteiger partial charge < -0.3 is 9.84 Å². The third kappa shape index (κ3) is 3.90. The first-order valence-corrected chi connectivity index (χ1v) is 10.2. The van der Waals surface area contributed by atoms with Crippen molar-refractivity contribution in [2.75, 3.05) is 12.4 Å². The summed E-state index contributed by atoms with van der Waals surface area (Å²) in [5.74, 6) is 1.13. The van der Waals surface area contributed by atoms with Crippen molar-refractivity contribution < 1.29 is 9.84 Å². The van der Waals surface area contributed by atoms with Crippen molar-refractivity contribution in [2.24, 2.45) is 0 Å². The number of nitriles is 1. The van der Waals surface area contributed by atoms with Crippen LogP contribution in [-0.2, 0) is 6.42 Å². The number of para-hydroxylation sites is 1. The van der Waals surface area contributed by atoms with Crippen molar-refractivity contribution in [1.82, 2.24) is 14.6 Å². The van der Waals surface area contributed by atoms with Crippen LogP contribution in [0.2, 0.25) is 0 Å². The van der Waals surface area contributed by atoms with Crippen LogP contribution in [0.5, 0.6) is 5.75 Å². The predicted octanol–water partition coefficient (Wildman–Crippen LogP) is 3.54. The van der Waals surface area contributed by atoms with Gasteiger partial charge in [0.15, 0.2) is 5.16 Å². The highest BCUT2D eigenvalue weighted by Gasteiger charge is 2.14. The van der Waals surface area contributed by atoms with E-state index in [2.05, 4.69) is 22.3 Å². The Kier molecular flexibility index (Phi) is 5.25. The number of hydrogen-bond donors (Lipinski definition) is 1. The smallest absolute Gasteiger partial charge is 0.217 e. The first kappa shape index (κ1) is 17.8. The molecule has 0 bridgehead atoms. The molecule has 0 saturated heterocycles. The molecular weight excluding hydrogens is 380 g/mol. The van der Waals surface area contributed by atoms with Crippen molar-refractivity contribution >= 4 is 38.3 Å². The zero-order valence-electron chi connectivity index (χ0n) is 14.3. The van der Waals surface area contributed by atoms with Gasteiger partial charge in [-0.2, -0.15) is 5.26 Å². The summed E-state index contributed by atoms with van der Waals surface area (Å²) in [6, 6.07) is 17.6. The number of aliphatic hydroxyl groups is 1.